The Balaban J connectivity index is 1.01. The summed E-state index contributed by atoms with van der Waals surface area (Å²) in [6, 6.07) is 86.0. The smallest absolute Gasteiger partial charge is 0.0540 e. The van der Waals surface area contributed by atoms with E-state index in [2.05, 4.69) is 241 Å². The van der Waals surface area contributed by atoms with Crippen LogP contribution in [0.1, 0.15) is 0 Å². The van der Waals surface area contributed by atoms with Crippen molar-refractivity contribution in [3.05, 3.63) is 237 Å². The van der Waals surface area contributed by atoms with E-state index in [1.165, 1.54) is 86.6 Å². The maximum Gasteiger partial charge on any atom is 0.0540 e. The molecule has 11 aromatic rings. The lowest BCUT2D eigenvalue weighted by atomic mass is 9.95. The summed E-state index contributed by atoms with van der Waals surface area (Å²) in [7, 11) is 0. The first-order valence-electron chi connectivity index (χ1n) is 20.5. The highest BCUT2D eigenvalue weighted by atomic mass is 32.1. The van der Waals surface area contributed by atoms with Gasteiger partial charge in [0.05, 0.1) is 11.4 Å². The monoisotopic (exact) mass is 781 g/mol. The molecule has 282 valence electrons. The molecule has 0 radical (unpaired) electrons. The summed E-state index contributed by atoms with van der Waals surface area (Å²) in [5.74, 6) is 0. The maximum absolute atomic E-state index is 2.42. The van der Waals surface area contributed by atoms with Crippen molar-refractivity contribution < 1.29 is 0 Å². The van der Waals surface area contributed by atoms with Crippen LogP contribution >= 0.6 is 11.3 Å². The van der Waals surface area contributed by atoms with E-state index in [4.69, 9.17) is 0 Å². The highest BCUT2D eigenvalue weighted by Gasteiger charge is 2.20. The van der Waals surface area contributed by atoms with Gasteiger partial charge in [0.1, 0.15) is 0 Å². The third-order valence-electron chi connectivity index (χ3n) is 11.7. The SMILES string of the molecule is c1ccc(-c2ccc(-c3sc4cc(-c5ccc(N(c6cccc7ccccc67)c6cccc7ccccc67)cc5)ccc4c3-c3ccc(-c4ccccc4)cc3)cc2)cc1. The number of hydrogen-bond acceptors (Lipinski definition) is 2. The van der Waals surface area contributed by atoms with Crippen molar-refractivity contribution in [2.75, 3.05) is 4.90 Å². The zero-order valence-corrected chi connectivity index (χ0v) is 33.7. The fourth-order valence-electron chi connectivity index (χ4n) is 8.69. The Morgan fingerprint density at radius 3 is 1.27 bits per heavy atom. The fourth-order valence-corrected chi connectivity index (χ4v) is 9.96. The average molecular weight is 782 g/mol. The number of nitrogens with zero attached hydrogens (tertiary/aromatic N) is 1. The lowest BCUT2D eigenvalue weighted by Gasteiger charge is -2.28. The summed E-state index contributed by atoms with van der Waals surface area (Å²) in [6.07, 6.45) is 0. The Kier molecular flexibility index (Phi) is 9.11. The average Bonchev–Trinajstić information content (AvgIpc) is 3.72. The van der Waals surface area contributed by atoms with Gasteiger partial charge in [-0.1, -0.05) is 206 Å². The summed E-state index contributed by atoms with van der Waals surface area (Å²) < 4.78 is 1.27. The van der Waals surface area contributed by atoms with Gasteiger partial charge in [0.2, 0.25) is 0 Å². The van der Waals surface area contributed by atoms with Crippen LogP contribution in [0.2, 0.25) is 0 Å². The molecule has 0 aliphatic heterocycles. The van der Waals surface area contributed by atoms with Crippen LogP contribution in [0.4, 0.5) is 17.1 Å². The van der Waals surface area contributed by atoms with Crippen LogP contribution in [0.25, 0.3) is 86.6 Å². The standard InChI is InChI=1S/C58H39NS/c1-3-13-40(14-4-1)42-25-29-47(30-26-42)57-53-38-35-49(39-56(53)60-58(57)48-31-27-43(28-32-48)41-15-5-2-6-16-41)44-33-36-50(37-34-44)59(54-23-11-19-45-17-7-9-21-51(45)54)55-24-12-20-46-18-8-10-22-52(46)55/h1-39H. The quantitative estimate of drug-likeness (QED) is 0.148. The topological polar surface area (TPSA) is 3.24 Å². The number of rotatable bonds is 8. The first kappa shape index (κ1) is 35.6. The van der Waals surface area contributed by atoms with Gasteiger partial charge < -0.3 is 4.90 Å². The largest absolute Gasteiger partial charge is 0.309 e. The minimum absolute atomic E-state index is 1.12. The predicted molar refractivity (Wildman–Crippen MR) is 259 cm³/mol. The Hall–Kier alpha value is -7.52. The number of fused-ring (bicyclic) bond motifs is 3. The van der Waals surface area contributed by atoms with Gasteiger partial charge in [-0.15, -0.1) is 11.3 Å². The van der Waals surface area contributed by atoms with Crippen molar-refractivity contribution in [1.29, 1.82) is 0 Å². The van der Waals surface area contributed by atoms with Crippen LogP contribution < -0.4 is 4.90 Å². The van der Waals surface area contributed by atoms with Crippen LogP contribution in [0.3, 0.4) is 0 Å². The summed E-state index contributed by atoms with van der Waals surface area (Å²) in [5, 5.41) is 6.15. The Morgan fingerprint density at radius 1 is 0.283 bits per heavy atom. The van der Waals surface area contributed by atoms with E-state index in [0.29, 0.717) is 0 Å². The molecule has 0 aliphatic rings. The number of benzene rings is 10. The fraction of sp³-hybridized carbons (Fsp3) is 0. The lowest BCUT2D eigenvalue weighted by molar-refractivity contribution is 1.31. The van der Waals surface area contributed by atoms with Crippen molar-refractivity contribution in [3.8, 4) is 54.9 Å². The van der Waals surface area contributed by atoms with E-state index >= 15 is 0 Å². The van der Waals surface area contributed by atoms with Crippen molar-refractivity contribution in [2.45, 2.75) is 0 Å². The molecule has 2 heteroatoms. The van der Waals surface area contributed by atoms with Gasteiger partial charge in [0.25, 0.3) is 0 Å². The Bertz CT molecular complexity index is 3180. The predicted octanol–water partition coefficient (Wildman–Crippen LogP) is 17.0. The summed E-state index contributed by atoms with van der Waals surface area (Å²) in [5.41, 5.74) is 14.5. The van der Waals surface area contributed by atoms with E-state index < -0.39 is 0 Å². The first-order valence-corrected chi connectivity index (χ1v) is 21.3. The minimum Gasteiger partial charge on any atom is -0.309 e. The molecule has 0 fully saturated rings. The van der Waals surface area contributed by atoms with Crippen LogP contribution in [0.15, 0.2) is 237 Å². The molecule has 1 heterocycles. The minimum atomic E-state index is 1.12. The molecule has 0 atom stereocenters. The van der Waals surface area contributed by atoms with Crippen molar-refractivity contribution in [3.63, 3.8) is 0 Å². The molecular weight excluding hydrogens is 743 g/mol. The molecule has 60 heavy (non-hydrogen) atoms. The van der Waals surface area contributed by atoms with Crippen LogP contribution in [-0.4, -0.2) is 0 Å². The van der Waals surface area contributed by atoms with Crippen molar-refractivity contribution in [1.82, 2.24) is 0 Å². The van der Waals surface area contributed by atoms with Crippen molar-refractivity contribution >= 4 is 60.0 Å². The molecule has 10 aromatic carbocycles. The second-order valence-corrected chi connectivity index (χ2v) is 16.3. The van der Waals surface area contributed by atoms with E-state index in [9.17, 15) is 0 Å². The molecule has 0 spiro atoms. The zero-order valence-electron chi connectivity index (χ0n) is 32.9. The van der Waals surface area contributed by atoms with Gasteiger partial charge in [-0.3, -0.25) is 0 Å². The summed E-state index contributed by atoms with van der Waals surface area (Å²) >= 11 is 1.88. The molecule has 1 nitrogen and oxygen atoms in total. The van der Waals surface area contributed by atoms with Gasteiger partial charge in [-0.2, -0.15) is 0 Å². The molecular formula is C58H39NS. The molecule has 0 N–H and O–H groups in total. The summed E-state index contributed by atoms with van der Waals surface area (Å²) in [4.78, 5) is 3.70. The van der Waals surface area contributed by atoms with Crippen molar-refractivity contribution in [2.24, 2.45) is 0 Å². The zero-order chi connectivity index (χ0) is 39.8. The normalized spacial score (nSPS) is 11.3. The van der Waals surface area contributed by atoms with Crippen LogP contribution in [0.5, 0.6) is 0 Å². The van der Waals surface area contributed by atoms with E-state index in [-0.39, 0.29) is 0 Å². The molecule has 0 unspecified atom stereocenters. The van der Waals surface area contributed by atoms with Gasteiger partial charge in [0, 0.05) is 37.0 Å². The number of thiophene rings is 1. The molecule has 11 rings (SSSR count). The molecule has 0 bridgehead atoms. The van der Waals surface area contributed by atoms with Gasteiger partial charge >= 0.3 is 0 Å². The Labute approximate surface area is 354 Å². The number of anilines is 3. The highest BCUT2D eigenvalue weighted by molar-refractivity contribution is 7.23. The molecule has 0 saturated carbocycles. The highest BCUT2D eigenvalue weighted by Crippen LogP contribution is 2.47. The maximum atomic E-state index is 2.42. The second kappa shape index (κ2) is 15.3. The molecule has 0 amide bonds. The first-order chi connectivity index (χ1) is 29.7. The number of hydrogen-bond donors (Lipinski definition) is 0. The third kappa shape index (κ3) is 6.54. The van der Waals surface area contributed by atoms with E-state index in [1.807, 2.05) is 11.3 Å². The third-order valence-corrected chi connectivity index (χ3v) is 12.9. The van der Waals surface area contributed by atoms with Crippen LogP contribution in [-0.2, 0) is 0 Å². The van der Waals surface area contributed by atoms with Gasteiger partial charge in [-0.25, -0.2) is 0 Å². The van der Waals surface area contributed by atoms with Gasteiger partial charge in [0.15, 0.2) is 0 Å². The molecule has 0 saturated heterocycles. The second-order valence-electron chi connectivity index (χ2n) is 15.3. The van der Waals surface area contributed by atoms with Crippen LogP contribution in [0, 0.1) is 0 Å². The lowest BCUT2D eigenvalue weighted by Crippen LogP contribution is -2.11. The molecule has 1 aromatic heterocycles. The summed E-state index contributed by atoms with van der Waals surface area (Å²) in [6.45, 7) is 0. The van der Waals surface area contributed by atoms with E-state index in [1.54, 1.807) is 0 Å². The van der Waals surface area contributed by atoms with Gasteiger partial charge in [-0.05, 0) is 85.6 Å². The Morgan fingerprint density at radius 2 is 0.700 bits per heavy atom. The van der Waals surface area contributed by atoms with E-state index in [0.717, 1.165) is 17.1 Å². The molecule has 0 aliphatic carbocycles.